The van der Waals surface area contributed by atoms with E-state index < -0.39 is 11.2 Å². The molecule has 1 aliphatic heterocycles. The van der Waals surface area contributed by atoms with E-state index in [1.165, 1.54) is 6.20 Å². The summed E-state index contributed by atoms with van der Waals surface area (Å²) in [4.78, 5) is 17.7. The summed E-state index contributed by atoms with van der Waals surface area (Å²) in [5.41, 5.74) is -2.00. The number of halogens is 2. The van der Waals surface area contributed by atoms with Crippen molar-refractivity contribution in [3.63, 3.8) is 0 Å². The first-order chi connectivity index (χ1) is 14.5. The van der Waals surface area contributed by atoms with Gasteiger partial charge in [0.15, 0.2) is 11.4 Å². The van der Waals surface area contributed by atoms with Crippen molar-refractivity contribution in [3.8, 4) is 17.6 Å². The molecule has 1 saturated carbocycles. The van der Waals surface area contributed by atoms with Crippen LogP contribution in [0.15, 0.2) is 58.8 Å². The number of allylic oxidation sites excluding steroid dienone is 7. The summed E-state index contributed by atoms with van der Waals surface area (Å²) in [7, 11) is 0. The van der Waals surface area contributed by atoms with E-state index in [4.69, 9.17) is 16.3 Å². The molecule has 5 rings (SSSR count). The van der Waals surface area contributed by atoms with Gasteiger partial charge >= 0.3 is 0 Å². The topological polar surface area (TPSA) is 59.4 Å². The third kappa shape index (κ3) is 2.71. The lowest BCUT2D eigenvalue weighted by Crippen LogP contribution is -2.56. The van der Waals surface area contributed by atoms with Crippen molar-refractivity contribution >= 4 is 33.3 Å². The maximum absolute atomic E-state index is 13.4. The Hall–Kier alpha value is -2.13. The fraction of sp³-hybridized carbons (Fsp3) is 0.333. The predicted molar refractivity (Wildman–Crippen MR) is 118 cm³/mol. The van der Waals surface area contributed by atoms with E-state index in [1.54, 1.807) is 6.07 Å². The highest BCUT2D eigenvalue weighted by atomic mass is 79.9. The smallest absolute Gasteiger partial charge is 0.213 e. The molecule has 4 atom stereocenters. The molecular weight excluding hydrogens is 466 g/mol. The molecule has 0 saturated heterocycles. The molecule has 1 fully saturated rings. The normalized spacial score (nSPS) is 35.1. The number of carbonyl (C=O) groups excluding carboxylic acids is 1. The van der Waals surface area contributed by atoms with Crippen LogP contribution in [0.5, 0.6) is 5.75 Å². The van der Waals surface area contributed by atoms with Crippen molar-refractivity contribution in [3.05, 3.63) is 69.5 Å². The second-order valence-electron chi connectivity index (χ2n) is 7.95. The van der Waals surface area contributed by atoms with Gasteiger partial charge in [0, 0.05) is 36.9 Å². The van der Waals surface area contributed by atoms with Gasteiger partial charge in [-0.1, -0.05) is 75.8 Å². The summed E-state index contributed by atoms with van der Waals surface area (Å²) in [6.45, 7) is 0. The quantitative estimate of drug-likeness (QED) is 0.614. The van der Waals surface area contributed by atoms with Crippen LogP contribution in [-0.2, 0) is 10.4 Å². The highest BCUT2D eigenvalue weighted by Crippen LogP contribution is 2.62. The Morgan fingerprint density at radius 3 is 2.97 bits per heavy atom. The molecule has 1 N–H and O–H groups in total. The number of carbonyl (C=O) groups is 1. The Bertz CT molecular complexity index is 1120. The Kier molecular flexibility index (Phi) is 4.77. The van der Waals surface area contributed by atoms with Gasteiger partial charge in [0.05, 0.1) is 5.02 Å². The zero-order valence-electron chi connectivity index (χ0n) is 16.1. The molecule has 4 unspecified atom stereocenters. The van der Waals surface area contributed by atoms with Gasteiger partial charge in [0.2, 0.25) is 5.60 Å². The number of rotatable bonds is 2. The van der Waals surface area contributed by atoms with Gasteiger partial charge in [-0.3, -0.25) is 9.78 Å². The third-order valence-corrected chi connectivity index (χ3v) is 7.23. The minimum atomic E-state index is -1.87. The lowest BCUT2D eigenvalue weighted by Gasteiger charge is -2.42. The number of ether oxygens (including phenoxy) is 1. The molecule has 30 heavy (non-hydrogen) atoms. The minimum absolute atomic E-state index is 0.163. The van der Waals surface area contributed by atoms with Gasteiger partial charge in [-0.2, -0.15) is 0 Å². The minimum Gasteiger partial charge on any atom is -0.476 e. The second-order valence-corrected chi connectivity index (χ2v) is 9.41. The van der Waals surface area contributed by atoms with E-state index in [1.807, 2.05) is 36.5 Å². The molecule has 152 valence electrons. The molecule has 0 spiro atoms. The fourth-order valence-electron chi connectivity index (χ4n) is 5.05. The first-order valence-electron chi connectivity index (χ1n) is 9.95. The number of nitrogens with zero attached hydrogens (tertiary/aromatic N) is 1. The van der Waals surface area contributed by atoms with E-state index in [-0.39, 0.29) is 29.7 Å². The van der Waals surface area contributed by atoms with Crippen LogP contribution in [0.2, 0.25) is 5.02 Å². The van der Waals surface area contributed by atoms with Crippen molar-refractivity contribution in [2.24, 2.45) is 11.8 Å². The number of aliphatic hydroxyl groups is 1. The molecule has 4 nitrogen and oxygen atoms in total. The summed E-state index contributed by atoms with van der Waals surface area (Å²) < 4.78 is 7.60. The van der Waals surface area contributed by atoms with Crippen molar-refractivity contribution in [1.29, 1.82) is 0 Å². The van der Waals surface area contributed by atoms with Crippen LogP contribution in [0, 0.1) is 23.7 Å². The number of hydrogen-bond donors (Lipinski definition) is 1. The van der Waals surface area contributed by atoms with Gasteiger partial charge in [-0.15, -0.1) is 0 Å². The lowest BCUT2D eigenvalue weighted by atomic mass is 9.68. The van der Waals surface area contributed by atoms with Gasteiger partial charge in [0.25, 0.3) is 0 Å². The largest absolute Gasteiger partial charge is 0.476 e. The number of ketones is 1. The molecule has 0 bridgehead atoms. The number of fused-ring (bicyclic) bond motifs is 3. The Labute approximate surface area is 188 Å². The molecule has 3 aliphatic carbocycles. The maximum atomic E-state index is 13.4. The summed E-state index contributed by atoms with van der Waals surface area (Å²) in [6.07, 6.45) is 15.5. The first-order valence-corrected chi connectivity index (χ1v) is 11.1. The average molecular weight is 485 g/mol. The molecule has 0 aromatic carbocycles. The van der Waals surface area contributed by atoms with Gasteiger partial charge in [0.1, 0.15) is 11.4 Å². The number of aromatic nitrogens is 1. The molecule has 0 amide bonds. The van der Waals surface area contributed by atoms with Crippen molar-refractivity contribution in [1.82, 2.24) is 4.98 Å². The molecule has 0 radical (unpaired) electrons. The van der Waals surface area contributed by atoms with Crippen LogP contribution in [0.1, 0.15) is 31.4 Å². The van der Waals surface area contributed by atoms with Crippen molar-refractivity contribution < 1.29 is 14.6 Å². The second kappa shape index (κ2) is 7.23. The summed E-state index contributed by atoms with van der Waals surface area (Å²) in [5, 5.41) is 12.4. The van der Waals surface area contributed by atoms with E-state index in [9.17, 15) is 9.90 Å². The van der Waals surface area contributed by atoms with Gasteiger partial charge < -0.3 is 9.84 Å². The van der Waals surface area contributed by atoms with Crippen LogP contribution in [0.3, 0.4) is 0 Å². The van der Waals surface area contributed by atoms with Crippen LogP contribution in [0.4, 0.5) is 0 Å². The summed E-state index contributed by atoms with van der Waals surface area (Å²) in [5.74, 6) is 5.94. The molecule has 1 aromatic heterocycles. The zero-order chi connectivity index (χ0) is 20.9. The third-order valence-electron chi connectivity index (χ3n) is 6.36. The standard InChI is InChI=1S/C24H19BrClNO3/c25-17-10-8-16(9-11-17)24-19(15-6-4-2-1-3-5-7-15)13-21(28)23(24,29)22-20(30-24)12-18(26)14-27-22/h1-2,4,6,8,10,12,14-15,19,29H,3,9,11,13H2/b2-1-,6-4?. The average Bonchev–Trinajstić information content (AvgIpc) is 3.08. The van der Waals surface area contributed by atoms with E-state index in [2.05, 4.69) is 32.8 Å². The number of pyridine rings is 1. The molecule has 1 aromatic rings. The van der Waals surface area contributed by atoms with Gasteiger partial charge in [-0.25, -0.2) is 0 Å². The van der Waals surface area contributed by atoms with Crippen molar-refractivity contribution in [2.75, 3.05) is 0 Å². The Morgan fingerprint density at radius 2 is 2.17 bits per heavy atom. The highest BCUT2D eigenvalue weighted by Gasteiger charge is 2.75. The monoisotopic (exact) mass is 483 g/mol. The SMILES string of the molecule is O=C1CC(C2C#CC/C=C\C=C2)C2(C3=CC=C(Br)CC3)Oc3cc(Cl)cnc3C12O. The van der Waals surface area contributed by atoms with E-state index >= 15 is 0 Å². The summed E-state index contributed by atoms with van der Waals surface area (Å²) in [6, 6.07) is 1.63. The molecular formula is C24H19BrClNO3. The number of hydrogen-bond acceptors (Lipinski definition) is 4. The fourth-order valence-corrected chi connectivity index (χ4v) is 5.53. The van der Waals surface area contributed by atoms with E-state index in [0.29, 0.717) is 23.6 Å². The highest BCUT2D eigenvalue weighted by molar-refractivity contribution is 9.11. The molecule has 2 heterocycles. The summed E-state index contributed by atoms with van der Waals surface area (Å²) >= 11 is 9.70. The number of Topliss-reactive ketones (excluding diaryl/α,β-unsaturated/α-hetero) is 1. The van der Waals surface area contributed by atoms with Gasteiger partial charge in [-0.05, 0) is 22.9 Å². The molecule has 6 heteroatoms. The van der Waals surface area contributed by atoms with E-state index in [0.717, 1.165) is 16.5 Å². The first kappa shape index (κ1) is 19.8. The van der Waals surface area contributed by atoms with Crippen LogP contribution in [-0.4, -0.2) is 21.5 Å². The van der Waals surface area contributed by atoms with Crippen LogP contribution in [0.25, 0.3) is 0 Å². The zero-order valence-corrected chi connectivity index (χ0v) is 18.4. The maximum Gasteiger partial charge on any atom is 0.213 e. The molecule has 4 aliphatic rings. The Morgan fingerprint density at radius 1 is 1.30 bits per heavy atom. The van der Waals surface area contributed by atoms with Crippen molar-refractivity contribution in [2.45, 2.75) is 36.9 Å². The predicted octanol–water partition coefficient (Wildman–Crippen LogP) is 4.78. The van der Waals surface area contributed by atoms with Crippen LogP contribution >= 0.6 is 27.5 Å². The Balaban J connectivity index is 1.74. The van der Waals surface area contributed by atoms with Crippen LogP contribution < -0.4 is 4.74 Å². The lowest BCUT2D eigenvalue weighted by molar-refractivity contribution is -0.147.